The Bertz CT molecular complexity index is 277. The van der Waals surface area contributed by atoms with Gasteiger partial charge in [0.2, 0.25) is 5.91 Å². The molecule has 0 bridgehead atoms. The van der Waals surface area contributed by atoms with Crippen molar-refractivity contribution in [2.45, 2.75) is 59.1 Å². The van der Waals surface area contributed by atoms with Crippen molar-refractivity contribution in [1.29, 1.82) is 0 Å². The second kappa shape index (κ2) is 5.32. The largest absolute Gasteiger partial charge is 0.444 e. The van der Waals surface area contributed by atoms with Gasteiger partial charge < -0.3 is 4.74 Å². The Kier molecular flexibility index (Phi) is 4.33. The fourth-order valence-corrected chi connectivity index (χ4v) is 1.71. The molecule has 1 fully saturated rings. The third-order valence-corrected chi connectivity index (χ3v) is 3.39. The Hall–Kier alpha value is -1.06. The van der Waals surface area contributed by atoms with Crippen LogP contribution in [0.25, 0.3) is 0 Å². The summed E-state index contributed by atoms with van der Waals surface area (Å²) in [5.41, 5.74) is 0. The molecule has 2 amide bonds. The van der Waals surface area contributed by atoms with Gasteiger partial charge in [-0.2, -0.15) is 0 Å². The first-order chi connectivity index (χ1) is 7.47. The molecule has 0 saturated carbocycles. The van der Waals surface area contributed by atoms with E-state index in [1.165, 1.54) is 4.90 Å². The Morgan fingerprint density at radius 3 is 2.56 bits per heavy atom. The van der Waals surface area contributed by atoms with Gasteiger partial charge in [0.15, 0.2) is 0 Å². The van der Waals surface area contributed by atoms with Crippen molar-refractivity contribution < 1.29 is 14.3 Å². The zero-order valence-electron chi connectivity index (χ0n) is 10.5. The van der Waals surface area contributed by atoms with Gasteiger partial charge in [0.25, 0.3) is 0 Å². The summed E-state index contributed by atoms with van der Waals surface area (Å²) in [6.07, 6.45) is 1.64. The SMILES string of the molecule is CC[C@H](C)CCC(=O)N1C(=O)O[C@@H](C)[C@H]1C. The third kappa shape index (κ3) is 2.74. The van der Waals surface area contributed by atoms with Crippen LogP contribution in [0.15, 0.2) is 0 Å². The van der Waals surface area contributed by atoms with Crippen LogP contribution in [-0.4, -0.2) is 29.0 Å². The van der Waals surface area contributed by atoms with E-state index in [0.717, 1.165) is 12.8 Å². The molecule has 0 aromatic rings. The standard InChI is InChI=1S/C12H21NO3/c1-5-8(2)6-7-11(14)13-9(3)10(4)16-12(13)15/h8-10H,5-7H2,1-4H3/t8-,9+,10-/m0/s1. The van der Waals surface area contributed by atoms with E-state index in [1.54, 1.807) is 0 Å². The average molecular weight is 227 g/mol. The first-order valence-electron chi connectivity index (χ1n) is 6.00. The molecule has 3 atom stereocenters. The number of nitrogens with zero attached hydrogens (tertiary/aromatic N) is 1. The lowest BCUT2D eigenvalue weighted by Gasteiger charge is -2.18. The molecule has 0 aliphatic carbocycles. The Labute approximate surface area is 96.9 Å². The quantitative estimate of drug-likeness (QED) is 0.741. The van der Waals surface area contributed by atoms with Crippen LogP contribution in [0.1, 0.15) is 47.0 Å². The average Bonchev–Trinajstić information content (AvgIpc) is 2.49. The number of hydrogen-bond donors (Lipinski definition) is 0. The van der Waals surface area contributed by atoms with Crippen LogP contribution in [0.5, 0.6) is 0 Å². The molecule has 0 aromatic heterocycles. The van der Waals surface area contributed by atoms with Gasteiger partial charge in [-0.25, -0.2) is 9.69 Å². The molecule has 1 aliphatic heterocycles. The summed E-state index contributed by atoms with van der Waals surface area (Å²) in [6, 6.07) is -0.142. The molecule has 1 saturated heterocycles. The topological polar surface area (TPSA) is 46.6 Å². The van der Waals surface area contributed by atoms with Crippen molar-refractivity contribution in [3.63, 3.8) is 0 Å². The minimum atomic E-state index is -0.492. The Morgan fingerprint density at radius 2 is 2.12 bits per heavy atom. The minimum Gasteiger partial charge on any atom is -0.444 e. The van der Waals surface area contributed by atoms with Gasteiger partial charge in [-0.1, -0.05) is 20.3 Å². The molecular formula is C12H21NO3. The molecule has 4 heteroatoms. The summed E-state index contributed by atoms with van der Waals surface area (Å²) in [7, 11) is 0. The molecule has 0 spiro atoms. The predicted molar refractivity (Wildman–Crippen MR) is 60.9 cm³/mol. The molecule has 16 heavy (non-hydrogen) atoms. The fourth-order valence-electron chi connectivity index (χ4n) is 1.71. The third-order valence-electron chi connectivity index (χ3n) is 3.39. The first-order valence-corrected chi connectivity index (χ1v) is 6.00. The molecule has 92 valence electrons. The smallest absolute Gasteiger partial charge is 0.417 e. The van der Waals surface area contributed by atoms with Crippen LogP contribution in [0, 0.1) is 5.92 Å². The number of hydrogen-bond acceptors (Lipinski definition) is 3. The molecular weight excluding hydrogens is 206 g/mol. The molecule has 1 rings (SSSR count). The van der Waals surface area contributed by atoms with Gasteiger partial charge in [-0.15, -0.1) is 0 Å². The molecule has 0 unspecified atom stereocenters. The van der Waals surface area contributed by atoms with E-state index < -0.39 is 6.09 Å². The lowest BCUT2D eigenvalue weighted by Crippen LogP contribution is -2.38. The number of carbonyl (C=O) groups excluding carboxylic acids is 2. The van der Waals surface area contributed by atoms with Gasteiger partial charge in [0.1, 0.15) is 6.10 Å². The first kappa shape index (κ1) is 13.0. The zero-order valence-corrected chi connectivity index (χ0v) is 10.5. The van der Waals surface area contributed by atoms with E-state index in [1.807, 2.05) is 13.8 Å². The second-order valence-corrected chi connectivity index (χ2v) is 4.65. The highest BCUT2D eigenvalue weighted by Gasteiger charge is 2.39. The van der Waals surface area contributed by atoms with Gasteiger partial charge >= 0.3 is 6.09 Å². The molecule has 1 heterocycles. The number of carbonyl (C=O) groups is 2. The molecule has 0 N–H and O–H groups in total. The number of ether oxygens (including phenoxy) is 1. The normalized spacial score (nSPS) is 26.8. The summed E-state index contributed by atoms with van der Waals surface area (Å²) in [5, 5.41) is 0. The van der Waals surface area contributed by atoms with Crippen LogP contribution in [-0.2, 0) is 9.53 Å². The number of cyclic esters (lactones) is 1. The Balaban J connectivity index is 2.51. The number of imide groups is 1. The monoisotopic (exact) mass is 227 g/mol. The van der Waals surface area contributed by atoms with Crippen molar-refractivity contribution in [1.82, 2.24) is 4.90 Å². The summed E-state index contributed by atoms with van der Waals surface area (Å²) in [5.74, 6) is 0.414. The van der Waals surface area contributed by atoms with Gasteiger partial charge in [-0.3, -0.25) is 4.79 Å². The highest BCUT2D eigenvalue weighted by molar-refractivity contribution is 5.93. The van der Waals surface area contributed by atoms with Crippen molar-refractivity contribution >= 4 is 12.0 Å². The van der Waals surface area contributed by atoms with E-state index in [0.29, 0.717) is 12.3 Å². The van der Waals surface area contributed by atoms with Crippen LogP contribution in [0.4, 0.5) is 4.79 Å². The van der Waals surface area contributed by atoms with E-state index in [9.17, 15) is 9.59 Å². The van der Waals surface area contributed by atoms with Crippen LogP contribution in [0.3, 0.4) is 0 Å². The highest BCUT2D eigenvalue weighted by atomic mass is 16.6. The zero-order chi connectivity index (χ0) is 12.3. The maximum Gasteiger partial charge on any atom is 0.417 e. The molecule has 0 radical (unpaired) electrons. The highest BCUT2D eigenvalue weighted by Crippen LogP contribution is 2.21. The van der Waals surface area contributed by atoms with Crippen LogP contribution >= 0.6 is 0 Å². The van der Waals surface area contributed by atoms with Crippen molar-refractivity contribution in [2.75, 3.05) is 0 Å². The summed E-state index contributed by atoms with van der Waals surface area (Å²) >= 11 is 0. The minimum absolute atomic E-state index is 0.109. The summed E-state index contributed by atoms with van der Waals surface area (Å²) in [6.45, 7) is 7.87. The summed E-state index contributed by atoms with van der Waals surface area (Å²) in [4.78, 5) is 24.5. The lowest BCUT2D eigenvalue weighted by molar-refractivity contribution is -0.129. The number of amides is 2. The molecule has 1 aliphatic rings. The fraction of sp³-hybridized carbons (Fsp3) is 0.833. The Morgan fingerprint density at radius 1 is 1.50 bits per heavy atom. The summed E-state index contributed by atoms with van der Waals surface area (Å²) < 4.78 is 5.01. The van der Waals surface area contributed by atoms with Gasteiger partial charge in [0.05, 0.1) is 6.04 Å². The van der Waals surface area contributed by atoms with Gasteiger partial charge in [-0.05, 0) is 26.2 Å². The predicted octanol–water partition coefficient (Wildman–Crippen LogP) is 2.57. The van der Waals surface area contributed by atoms with E-state index in [2.05, 4.69) is 13.8 Å². The van der Waals surface area contributed by atoms with Crippen molar-refractivity contribution in [3.05, 3.63) is 0 Å². The maximum atomic E-state index is 11.9. The van der Waals surface area contributed by atoms with E-state index in [-0.39, 0.29) is 18.1 Å². The van der Waals surface area contributed by atoms with E-state index >= 15 is 0 Å². The van der Waals surface area contributed by atoms with Crippen molar-refractivity contribution in [2.24, 2.45) is 5.92 Å². The van der Waals surface area contributed by atoms with Gasteiger partial charge in [0, 0.05) is 6.42 Å². The van der Waals surface area contributed by atoms with Crippen LogP contribution < -0.4 is 0 Å². The second-order valence-electron chi connectivity index (χ2n) is 4.65. The number of rotatable bonds is 4. The molecule has 0 aromatic carbocycles. The maximum absolute atomic E-state index is 11.9. The van der Waals surface area contributed by atoms with Crippen LogP contribution in [0.2, 0.25) is 0 Å². The van der Waals surface area contributed by atoms with Crippen molar-refractivity contribution in [3.8, 4) is 0 Å². The molecule has 4 nitrogen and oxygen atoms in total. The lowest BCUT2D eigenvalue weighted by atomic mass is 10.0. The van der Waals surface area contributed by atoms with E-state index in [4.69, 9.17) is 4.74 Å².